The third-order valence-corrected chi connectivity index (χ3v) is 4.65. The van der Waals surface area contributed by atoms with E-state index in [4.69, 9.17) is 4.42 Å². The number of nitrogens with one attached hydrogen (secondary N) is 1. The summed E-state index contributed by atoms with van der Waals surface area (Å²) in [6.45, 7) is 5.55. The summed E-state index contributed by atoms with van der Waals surface area (Å²) in [7, 11) is 1.84. The molecule has 0 saturated heterocycles. The molecule has 0 fully saturated rings. The first-order chi connectivity index (χ1) is 12.0. The van der Waals surface area contributed by atoms with Crippen LogP contribution in [0.2, 0.25) is 0 Å². The highest BCUT2D eigenvalue weighted by atomic mass is 32.2. The van der Waals surface area contributed by atoms with Crippen LogP contribution in [0.4, 0.5) is 5.69 Å². The standard InChI is InChI=1S/C16H18N6O2S/c1-9-13(10(2)22(4)21-9)18-14(23)11(3)25-16-20-19-15(24-16)12-6-5-7-17-8-12/h5-8,11H,1-4H3,(H,18,23)/t11-/m0/s1. The quantitative estimate of drug-likeness (QED) is 0.700. The van der Waals surface area contributed by atoms with Crippen molar-refractivity contribution in [2.24, 2.45) is 7.05 Å². The Kier molecular flexibility index (Phi) is 4.84. The van der Waals surface area contributed by atoms with Gasteiger partial charge in [-0.3, -0.25) is 14.5 Å². The number of nitrogens with zero attached hydrogens (tertiary/aromatic N) is 5. The number of hydrogen-bond acceptors (Lipinski definition) is 7. The van der Waals surface area contributed by atoms with Gasteiger partial charge in [0.25, 0.3) is 5.22 Å². The molecule has 3 rings (SSSR count). The second-order valence-corrected chi connectivity index (χ2v) is 6.83. The first-order valence-electron chi connectivity index (χ1n) is 7.67. The smallest absolute Gasteiger partial charge is 0.277 e. The summed E-state index contributed by atoms with van der Waals surface area (Å²) in [5.41, 5.74) is 3.16. The molecule has 0 radical (unpaired) electrons. The van der Waals surface area contributed by atoms with E-state index in [9.17, 15) is 4.79 Å². The van der Waals surface area contributed by atoms with E-state index in [0.717, 1.165) is 22.6 Å². The van der Waals surface area contributed by atoms with E-state index < -0.39 is 5.25 Å². The van der Waals surface area contributed by atoms with E-state index in [1.807, 2.05) is 27.0 Å². The van der Waals surface area contributed by atoms with Crippen molar-refractivity contribution in [2.75, 3.05) is 5.32 Å². The molecule has 0 aromatic carbocycles. The minimum absolute atomic E-state index is 0.148. The van der Waals surface area contributed by atoms with Crippen LogP contribution in [0.1, 0.15) is 18.3 Å². The molecule has 0 unspecified atom stereocenters. The van der Waals surface area contributed by atoms with Crippen molar-refractivity contribution in [1.29, 1.82) is 0 Å². The van der Waals surface area contributed by atoms with E-state index in [1.165, 1.54) is 11.8 Å². The largest absolute Gasteiger partial charge is 0.411 e. The summed E-state index contributed by atoms with van der Waals surface area (Å²) in [6, 6.07) is 3.63. The zero-order valence-corrected chi connectivity index (χ0v) is 15.2. The topological polar surface area (TPSA) is 98.7 Å². The van der Waals surface area contributed by atoms with Crippen LogP contribution in [0.3, 0.4) is 0 Å². The normalized spacial score (nSPS) is 12.2. The van der Waals surface area contributed by atoms with Gasteiger partial charge in [-0.25, -0.2) is 0 Å². The van der Waals surface area contributed by atoms with Crippen LogP contribution in [0, 0.1) is 13.8 Å². The highest BCUT2D eigenvalue weighted by molar-refractivity contribution is 8.00. The summed E-state index contributed by atoms with van der Waals surface area (Å²) in [5, 5.41) is 15.1. The second kappa shape index (κ2) is 7.06. The van der Waals surface area contributed by atoms with E-state index in [1.54, 1.807) is 30.1 Å². The van der Waals surface area contributed by atoms with Gasteiger partial charge in [0.1, 0.15) is 0 Å². The fourth-order valence-corrected chi connectivity index (χ4v) is 2.93. The van der Waals surface area contributed by atoms with Crippen LogP contribution in [0.15, 0.2) is 34.2 Å². The number of pyridine rings is 1. The SMILES string of the molecule is Cc1nn(C)c(C)c1NC(=O)[C@H](C)Sc1nnc(-c2cccnc2)o1. The van der Waals surface area contributed by atoms with Gasteiger partial charge in [-0.2, -0.15) is 5.10 Å². The van der Waals surface area contributed by atoms with Gasteiger partial charge in [-0.15, -0.1) is 10.2 Å². The molecule has 0 saturated carbocycles. The molecule has 0 bridgehead atoms. The van der Waals surface area contributed by atoms with Crippen molar-refractivity contribution >= 4 is 23.4 Å². The van der Waals surface area contributed by atoms with Gasteiger partial charge in [0.05, 0.1) is 27.9 Å². The first-order valence-corrected chi connectivity index (χ1v) is 8.55. The number of carbonyl (C=O) groups is 1. The Morgan fingerprint density at radius 1 is 1.36 bits per heavy atom. The number of aryl methyl sites for hydroxylation is 2. The molecule has 1 atom stereocenters. The summed E-state index contributed by atoms with van der Waals surface area (Å²) in [6.07, 6.45) is 3.32. The molecule has 3 aromatic heterocycles. The second-order valence-electron chi connectivity index (χ2n) is 5.53. The number of rotatable bonds is 5. The molecule has 9 heteroatoms. The minimum atomic E-state index is -0.402. The van der Waals surface area contributed by atoms with E-state index in [2.05, 4.69) is 25.6 Å². The van der Waals surface area contributed by atoms with Gasteiger partial charge in [-0.1, -0.05) is 11.8 Å². The van der Waals surface area contributed by atoms with Gasteiger partial charge >= 0.3 is 0 Å². The molecule has 1 N–H and O–H groups in total. The average Bonchev–Trinajstić information content (AvgIpc) is 3.16. The van der Waals surface area contributed by atoms with Gasteiger partial charge in [0, 0.05) is 19.4 Å². The molecule has 1 amide bonds. The number of thioether (sulfide) groups is 1. The van der Waals surface area contributed by atoms with Crippen molar-refractivity contribution in [3.8, 4) is 11.5 Å². The Labute approximate surface area is 149 Å². The average molecular weight is 358 g/mol. The predicted octanol–water partition coefficient (Wildman–Crippen LogP) is 2.60. The number of carbonyl (C=O) groups excluding carboxylic acids is 1. The molecule has 8 nitrogen and oxygen atoms in total. The zero-order valence-electron chi connectivity index (χ0n) is 14.3. The molecular formula is C16H18N6O2S. The van der Waals surface area contributed by atoms with Crippen molar-refractivity contribution in [1.82, 2.24) is 25.0 Å². The lowest BCUT2D eigenvalue weighted by molar-refractivity contribution is -0.115. The fourth-order valence-electron chi connectivity index (χ4n) is 2.25. The lowest BCUT2D eigenvalue weighted by atomic mass is 10.3. The van der Waals surface area contributed by atoms with Gasteiger partial charge in [0.2, 0.25) is 11.8 Å². The van der Waals surface area contributed by atoms with Gasteiger partial charge < -0.3 is 9.73 Å². The van der Waals surface area contributed by atoms with Crippen LogP contribution in [0.25, 0.3) is 11.5 Å². The lowest BCUT2D eigenvalue weighted by Gasteiger charge is -2.10. The minimum Gasteiger partial charge on any atom is -0.411 e. The molecule has 0 aliphatic heterocycles. The van der Waals surface area contributed by atoms with Crippen LogP contribution < -0.4 is 5.32 Å². The van der Waals surface area contributed by atoms with Crippen LogP contribution >= 0.6 is 11.8 Å². The van der Waals surface area contributed by atoms with Gasteiger partial charge in [-0.05, 0) is 32.9 Å². The Hall–Kier alpha value is -2.68. The predicted molar refractivity (Wildman–Crippen MR) is 94.2 cm³/mol. The van der Waals surface area contributed by atoms with E-state index in [0.29, 0.717) is 11.1 Å². The van der Waals surface area contributed by atoms with Crippen molar-refractivity contribution in [2.45, 2.75) is 31.2 Å². The van der Waals surface area contributed by atoms with Crippen LogP contribution in [0.5, 0.6) is 0 Å². The third kappa shape index (κ3) is 3.71. The van der Waals surface area contributed by atoms with Crippen molar-refractivity contribution in [3.63, 3.8) is 0 Å². The molecule has 25 heavy (non-hydrogen) atoms. The maximum atomic E-state index is 12.4. The molecule has 0 aliphatic rings. The highest BCUT2D eigenvalue weighted by Gasteiger charge is 2.21. The molecule has 3 heterocycles. The number of aromatic nitrogens is 5. The molecule has 0 spiro atoms. The molecule has 0 aliphatic carbocycles. The number of hydrogen-bond donors (Lipinski definition) is 1. The van der Waals surface area contributed by atoms with Gasteiger partial charge in [0.15, 0.2) is 0 Å². The molecular weight excluding hydrogens is 340 g/mol. The number of amides is 1. The summed E-state index contributed by atoms with van der Waals surface area (Å²) < 4.78 is 7.33. The maximum absolute atomic E-state index is 12.4. The Bertz CT molecular complexity index is 889. The fraction of sp³-hybridized carbons (Fsp3) is 0.312. The Morgan fingerprint density at radius 2 is 2.16 bits per heavy atom. The maximum Gasteiger partial charge on any atom is 0.277 e. The number of anilines is 1. The van der Waals surface area contributed by atoms with E-state index >= 15 is 0 Å². The molecule has 3 aromatic rings. The molecule has 130 valence electrons. The van der Waals surface area contributed by atoms with Crippen LogP contribution in [-0.4, -0.2) is 36.1 Å². The summed E-state index contributed by atoms with van der Waals surface area (Å²) in [5.74, 6) is 0.229. The van der Waals surface area contributed by atoms with Crippen molar-refractivity contribution in [3.05, 3.63) is 35.9 Å². The first kappa shape index (κ1) is 17.2. The lowest BCUT2D eigenvalue weighted by Crippen LogP contribution is -2.23. The summed E-state index contributed by atoms with van der Waals surface area (Å²) >= 11 is 1.21. The third-order valence-electron chi connectivity index (χ3n) is 3.72. The monoisotopic (exact) mass is 358 g/mol. The zero-order chi connectivity index (χ0) is 18.0. The van der Waals surface area contributed by atoms with Crippen LogP contribution in [-0.2, 0) is 11.8 Å². The van der Waals surface area contributed by atoms with E-state index in [-0.39, 0.29) is 5.91 Å². The Balaban J connectivity index is 1.67. The Morgan fingerprint density at radius 3 is 2.80 bits per heavy atom. The summed E-state index contributed by atoms with van der Waals surface area (Å²) in [4.78, 5) is 16.5. The highest BCUT2D eigenvalue weighted by Crippen LogP contribution is 2.27. The van der Waals surface area contributed by atoms with Crippen molar-refractivity contribution < 1.29 is 9.21 Å².